The predicted molar refractivity (Wildman–Crippen MR) is 14.2 cm³/mol. The number of rotatable bonds is 0. The first-order valence-corrected chi connectivity index (χ1v) is 1.26. The molecule has 0 aromatic heterocycles. The third kappa shape index (κ3) is 21.9. The summed E-state index contributed by atoms with van der Waals surface area (Å²) < 4.78 is 0. The minimum Gasteiger partial charge on any atom is -0.243 e. The molecule has 20 valence electrons. The molecule has 0 aromatic carbocycles. The van der Waals surface area contributed by atoms with Gasteiger partial charge in [-0.3, -0.25) is 0 Å². The van der Waals surface area contributed by atoms with Crippen molar-refractivity contribution in [3.8, 4) is 0 Å². The SMILES string of the molecule is O=C=[SiH2].[Ti]. The number of hydrogen-bond donors (Lipinski definition) is 0. The van der Waals surface area contributed by atoms with E-state index in [0.29, 0.717) is 0 Å². The van der Waals surface area contributed by atoms with Crippen molar-refractivity contribution in [3.63, 3.8) is 0 Å². The Hall–Kier alpha value is 0.511. The Morgan fingerprint density at radius 3 is 1.75 bits per heavy atom. The summed E-state index contributed by atoms with van der Waals surface area (Å²) in [6.45, 7) is 0. The maximum absolute atomic E-state index is 8.69. The molecule has 0 aromatic rings. The second-order valence-corrected chi connectivity index (χ2v) is 0.433. The molecule has 3 heteroatoms. The number of hydrogen-bond acceptors (Lipinski definition) is 1. The Bertz CT molecular complexity index is 29.0. The zero-order valence-corrected chi connectivity index (χ0v) is 5.09. The van der Waals surface area contributed by atoms with Gasteiger partial charge in [0.05, 0.1) is 15.4 Å². The third-order valence-corrected chi connectivity index (χ3v) is 0. The van der Waals surface area contributed by atoms with E-state index in [1.165, 1.54) is 15.4 Å². The van der Waals surface area contributed by atoms with E-state index in [-0.39, 0.29) is 21.7 Å². The fourth-order valence-electron chi connectivity index (χ4n) is 0. The van der Waals surface area contributed by atoms with E-state index in [1.54, 1.807) is 0 Å². The Morgan fingerprint density at radius 2 is 1.75 bits per heavy atom. The van der Waals surface area contributed by atoms with Crippen molar-refractivity contribution in [2.75, 3.05) is 0 Å². The summed E-state index contributed by atoms with van der Waals surface area (Å²) in [4.78, 5) is 8.69. The minimum absolute atomic E-state index is 0. The molecule has 0 atom stereocenters. The zero-order chi connectivity index (χ0) is 2.71. The zero-order valence-electron chi connectivity index (χ0n) is 2.12. The summed E-state index contributed by atoms with van der Waals surface area (Å²) in [6, 6.07) is 0. The van der Waals surface area contributed by atoms with Gasteiger partial charge in [0, 0.05) is 21.7 Å². The molecule has 0 aliphatic heterocycles. The molecule has 1 nitrogen and oxygen atoms in total. The van der Waals surface area contributed by atoms with E-state index in [0.717, 1.165) is 0 Å². The molecule has 0 heterocycles. The van der Waals surface area contributed by atoms with Gasteiger partial charge in [0.25, 0.3) is 0 Å². The van der Waals surface area contributed by atoms with E-state index in [1.807, 2.05) is 0 Å². The van der Waals surface area contributed by atoms with Crippen LogP contribution in [0, 0.1) is 0 Å². The van der Waals surface area contributed by atoms with Crippen LogP contribution in [0.5, 0.6) is 0 Å². The van der Waals surface area contributed by atoms with Gasteiger partial charge in [0.2, 0.25) is 0 Å². The van der Waals surface area contributed by atoms with Crippen LogP contribution in [0.25, 0.3) is 0 Å². The molecule has 0 unspecified atom stereocenters. The van der Waals surface area contributed by atoms with Gasteiger partial charge in [-0.05, 0) is 0 Å². The Labute approximate surface area is 42.3 Å². The van der Waals surface area contributed by atoms with Crippen LogP contribution in [0.1, 0.15) is 0 Å². The van der Waals surface area contributed by atoms with Crippen molar-refractivity contribution in [3.05, 3.63) is 0 Å². The maximum atomic E-state index is 8.69. The molecule has 0 amide bonds. The second-order valence-electron chi connectivity index (χ2n) is 0.144. The minimum atomic E-state index is 0. The molecule has 0 radical (unpaired) electrons. The Kier molecular flexibility index (Phi) is 21.4. The fourth-order valence-corrected chi connectivity index (χ4v) is 0. The largest absolute Gasteiger partial charge is 0.243 e. The van der Waals surface area contributed by atoms with Crippen molar-refractivity contribution in [2.45, 2.75) is 0 Å². The van der Waals surface area contributed by atoms with Gasteiger partial charge >= 0.3 is 0 Å². The van der Waals surface area contributed by atoms with Gasteiger partial charge in [-0.15, -0.1) is 0 Å². The van der Waals surface area contributed by atoms with Crippen molar-refractivity contribution in [1.29, 1.82) is 0 Å². The van der Waals surface area contributed by atoms with Crippen LogP contribution in [-0.4, -0.2) is 15.4 Å². The van der Waals surface area contributed by atoms with Crippen molar-refractivity contribution >= 4 is 15.4 Å². The van der Waals surface area contributed by atoms with Crippen LogP contribution in [0.2, 0.25) is 0 Å². The monoisotopic (exact) mass is 106 g/mol. The molecular formula is CH2OSiTi. The van der Waals surface area contributed by atoms with Gasteiger partial charge in [-0.1, -0.05) is 0 Å². The van der Waals surface area contributed by atoms with Crippen LogP contribution in [0.3, 0.4) is 0 Å². The molecule has 0 fully saturated rings. The summed E-state index contributed by atoms with van der Waals surface area (Å²) in [5.74, 6) is 0. The topological polar surface area (TPSA) is 17.1 Å². The molecule has 4 heavy (non-hydrogen) atoms. The molecule has 0 saturated heterocycles. The normalized spacial score (nSPS) is 2.00. The summed E-state index contributed by atoms with van der Waals surface area (Å²) in [7, 11) is 1.17. The van der Waals surface area contributed by atoms with E-state index in [9.17, 15) is 0 Å². The summed E-state index contributed by atoms with van der Waals surface area (Å²) in [6.07, 6.45) is 0. The quantitative estimate of drug-likeness (QED) is 0.350. The predicted octanol–water partition coefficient (Wildman–Crippen LogP) is -1.32. The Balaban J connectivity index is 0. The first-order chi connectivity index (χ1) is 1.41. The van der Waals surface area contributed by atoms with Crippen LogP contribution in [0.4, 0.5) is 0 Å². The molecule has 0 saturated carbocycles. The maximum Gasteiger partial charge on any atom is 0.0890 e. The Morgan fingerprint density at radius 1 is 1.75 bits per heavy atom. The van der Waals surface area contributed by atoms with Gasteiger partial charge in [-0.25, -0.2) is 4.79 Å². The average Bonchev–Trinajstić information content (AvgIpc) is 0.918. The third-order valence-electron chi connectivity index (χ3n) is 0. The van der Waals surface area contributed by atoms with E-state index in [2.05, 4.69) is 0 Å². The first-order valence-electron chi connectivity index (χ1n) is 0.558. The van der Waals surface area contributed by atoms with Gasteiger partial charge < -0.3 is 0 Å². The molecule has 0 N–H and O–H groups in total. The van der Waals surface area contributed by atoms with Gasteiger partial charge in [-0.2, -0.15) is 0 Å². The van der Waals surface area contributed by atoms with E-state index >= 15 is 0 Å². The van der Waals surface area contributed by atoms with Crippen LogP contribution in [-0.2, 0) is 26.5 Å². The van der Waals surface area contributed by atoms with Crippen molar-refractivity contribution < 1.29 is 26.5 Å². The average molecular weight is 106 g/mol. The van der Waals surface area contributed by atoms with Gasteiger partial charge in [0.1, 0.15) is 0 Å². The van der Waals surface area contributed by atoms with Crippen molar-refractivity contribution in [2.24, 2.45) is 0 Å². The fraction of sp³-hybridized carbons (Fsp3) is 0. The molecule has 0 spiro atoms. The van der Waals surface area contributed by atoms with E-state index in [4.69, 9.17) is 4.79 Å². The standard InChI is InChI=1S/CH2OSi.Ti/c2-1-3;/h3H2;. The number of carbonyl (C=O) groups excluding carboxylic acids is 1. The molecule has 0 aliphatic rings. The molecule has 0 bridgehead atoms. The van der Waals surface area contributed by atoms with Crippen LogP contribution in [0.15, 0.2) is 0 Å². The first kappa shape index (κ1) is 8.82. The second kappa shape index (κ2) is 9.70. The molecular weight excluding hydrogens is 104 g/mol. The van der Waals surface area contributed by atoms with Crippen LogP contribution >= 0.6 is 0 Å². The van der Waals surface area contributed by atoms with Crippen LogP contribution < -0.4 is 0 Å². The van der Waals surface area contributed by atoms with Gasteiger partial charge in [0.15, 0.2) is 0 Å². The smallest absolute Gasteiger partial charge is 0.0890 e. The van der Waals surface area contributed by atoms with Crippen molar-refractivity contribution in [1.82, 2.24) is 0 Å². The summed E-state index contributed by atoms with van der Waals surface area (Å²) >= 11 is 0. The summed E-state index contributed by atoms with van der Waals surface area (Å²) in [5, 5.41) is 0. The molecule has 0 rings (SSSR count). The van der Waals surface area contributed by atoms with E-state index < -0.39 is 0 Å². The summed E-state index contributed by atoms with van der Waals surface area (Å²) in [5.41, 5.74) is 1.53. The molecule has 0 aliphatic carbocycles.